The Labute approximate surface area is 130 Å². The Morgan fingerprint density at radius 3 is 2.90 bits per heavy atom. The highest BCUT2D eigenvalue weighted by molar-refractivity contribution is 7.99. The summed E-state index contributed by atoms with van der Waals surface area (Å²) >= 11 is 1.43. The van der Waals surface area contributed by atoms with Crippen LogP contribution in [0.4, 0.5) is 0 Å². The molecule has 1 aliphatic carbocycles. The lowest BCUT2D eigenvalue weighted by Gasteiger charge is -2.29. The van der Waals surface area contributed by atoms with Gasteiger partial charge in [0.25, 0.3) is 0 Å². The first kappa shape index (κ1) is 16.3. The van der Waals surface area contributed by atoms with Gasteiger partial charge in [0.2, 0.25) is 5.91 Å². The zero-order chi connectivity index (χ0) is 15.2. The van der Waals surface area contributed by atoms with Crippen molar-refractivity contribution in [3.05, 3.63) is 5.82 Å². The second-order valence-corrected chi connectivity index (χ2v) is 6.64. The normalized spacial score (nSPS) is 22.2. The third-order valence-corrected chi connectivity index (χ3v) is 5.01. The minimum atomic E-state index is 0.0821. The molecular weight excluding hydrogens is 286 g/mol. The van der Waals surface area contributed by atoms with Gasteiger partial charge < -0.3 is 15.6 Å². The molecule has 0 aliphatic heterocycles. The quantitative estimate of drug-likeness (QED) is 0.774. The third-order valence-electron chi connectivity index (χ3n) is 4.04. The molecule has 1 saturated carbocycles. The number of rotatable bonds is 6. The number of thioether (sulfide) groups is 1. The Morgan fingerprint density at radius 2 is 2.19 bits per heavy atom. The minimum Gasteiger partial charge on any atom is -0.352 e. The number of carbonyl (C=O) groups excluding carboxylic acids is 1. The first-order valence-electron chi connectivity index (χ1n) is 7.64. The predicted octanol–water partition coefficient (Wildman–Crippen LogP) is 1.33. The molecule has 21 heavy (non-hydrogen) atoms. The van der Waals surface area contributed by atoms with E-state index in [9.17, 15) is 4.79 Å². The Hall–Kier alpha value is -1.08. The highest BCUT2D eigenvalue weighted by atomic mass is 32.2. The van der Waals surface area contributed by atoms with E-state index < -0.39 is 0 Å². The molecule has 1 heterocycles. The van der Waals surface area contributed by atoms with Gasteiger partial charge in [0, 0.05) is 19.1 Å². The summed E-state index contributed by atoms with van der Waals surface area (Å²) in [6.45, 7) is 5.34. The Morgan fingerprint density at radius 1 is 1.43 bits per heavy atom. The fraction of sp³-hybridized carbons (Fsp3) is 0.786. The zero-order valence-corrected chi connectivity index (χ0v) is 13.7. The summed E-state index contributed by atoms with van der Waals surface area (Å²) in [4.78, 5) is 12.1. The SMILES string of the molecule is Cc1nnc(SCC(=O)NC2CCCCC2C)n1CCN. The van der Waals surface area contributed by atoms with Crippen LogP contribution in [0.2, 0.25) is 0 Å². The van der Waals surface area contributed by atoms with Crippen molar-refractivity contribution in [3.63, 3.8) is 0 Å². The fourth-order valence-electron chi connectivity index (χ4n) is 2.76. The topological polar surface area (TPSA) is 85.8 Å². The lowest BCUT2D eigenvalue weighted by atomic mass is 9.86. The van der Waals surface area contributed by atoms with E-state index in [1.54, 1.807) is 0 Å². The molecule has 6 nitrogen and oxygen atoms in total. The van der Waals surface area contributed by atoms with Crippen molar-refractivity contribution >= 4 is 17.7 Å². The van der Waals surface area contributed by atoms with Crippen molar-refractivity contribution in [2.75, 3.05) is 12.3 Å². The van der Waals surface area contributed by atoms with Crippen LogP contribution in [-0.4, -0.2) is 39.0 Å². The third kappa shape index (κ3) is 4.44. The van der Waals surface area contributed by atoms with Gasteiger partial charge in [-0.1, -0.05) is 31.5 Å². The molecule has 1 aliphatic rings. The molecular formula is C14H25N5OS. The summed E-state index contributed by atoms with van der Waals surface area (Å²) in [5.74, 6) is 1.88. The summed E-state index contributed by atoms with van der Waals surface area (Å²) in [7, 11) is 0. The summed E-state index contributed by atoms with van der Waals surface area (Å²) in [6, 6.07) is 0.329. The van der Waals surface area contributed by atoms with Gasteiger partial charge in [0.1, 0.15) is 5.82 Å². The maximum Gasteiger partial charge on any atom is 0.230 e. The first-order chi connectivity index (χ1) is 10.1. The predicted molar refractivity (Wildman–Crippen MR) is 84.1 cm³/mol. The number of hydrogen-bond donors (Lipinski definition) is 2. The number of carbonyl (C=O) groups is 1. The number of nitrogens with one attached hydrogen (secondary N) is 1. The lowest BCUT2D eigenvalue weighted by Crippen LogP contribution is -2.41. The summed E-state index contributed by atoms with van der Waals surface area (Å²) in [5, 5.41) is 12.1. The van der Waals surface area contributed by atoms with Gasteiger partial charge >= 0.3 is 0 Å². The van der Waals surface area contributed by atoms with E-state index >= 15 is 0 Å². The maximum atomic E-state index is 12.1. The second-order valence-electron chi connectivity index (χ2n) is 5.69. The zero-order valence-electron chi connectivity index (χ0n) is 12.8. The first-order valence-corrected chi connectivity index (χ1v) is 8.62. The van der Waals surface area contributed by atoms with Crippen LogP contribution in [-0.2, 0) is 11.3 Å². The maximum absolute atomic E-state index is 12.1. The van der Waals surface area contributed by atoms with Crippen LogP contribution in [0.5, 0.6) is 0 Å². The van der Waals surface area contributed by atoms with Crippen LogP contribution >= 0.6 is 11.8 Å². The van der Waals surface area contributed by atoms with Crippen LogP contribution in [0.15, 0.2) is 5.16 Å². The van der Waals surface area contributed by atoms with E-state index in [0.29, 0.717) is 30.8 Å². The van der Waals surface area contributed by atoms with Crippen molar-refractivity contribution in [3.8, 4) is 0 Å². The van der Waals surface area contributed by atoms with E-state index in [1.807, 2.05) is 11.5 Å². The van der Waals surface area contributed by atoms with Crippen LogP contribution in [0.25, 0.3) is 0 Å². The Kier molecular flexibility index (Phi) is 6.05. The van der Waals surface area contributed by atoms with Crippen LogP contribution in [0, 0.1) is 12.8 Å². The number of aromatic nitrogens is 3. The molecule has 1 fully saturated rings. The van der Waals surface area contributed by atoms with Crippen LogP contribution in [0.3, 0.4) is 0 Å². The molecule has 7 heteroatoms. The smallest absolute Gasteiger partial charge is 0.230 e. The molecule has 0 spiro atoms. The Balaban J connectivity index is 1.83. The molecule has 0 bridgehead atoms. The number of aryl methyl sites for hydroxylation is 1. The van der Waals surface area contributed by atoms with Crippen molar-refractivity contribution < 1.29 is 4.79 Å². The Bertz CT molecular complexity index is 476. The van der Waals surface area contributed by atoms with Crippen molar-refractivity contribution in [2.45, 2.75) is 57.3 Å². The lowest BCUT2D eigenvalue weighted by molar-refractivity contribution is -0.119. The van der Waals surface area contributed by atoms with Crippen LogP contribution < -0.4 is 11.1 Å². The molecule has 0 radical (unpaired) electrons. The van der Waals surface area contributed by atoms with E-state index in [-0.39, 0.29) is 5.91 Å². The molecule has 0 saturated heterocycles. The number of amides is 1. The molecule has 118 valence electrons. The van der Waals surface area contributed by atoms with Gasteiger partial charge in [-0.15, -0.1) is 10.2 Å². The summed E-state index contributed by atoms with van der Waals surface area (Å²) in [5.41, 5.74) is 5.59. The molecule has 2 rings (SSSR count). The van der Waals surface area contributed by atoms with Crippen molar-refractivity contribution in [1.29, 1.82) is 0 Å². The van der Waals surface area contributed by atoms with Crippen molar-refractivity contribution in [2.24, 2.45) is 11.7 Å². The van der Waals surface area contributed by atoms with Gasteiger partial charge in [-0.25, -0.2) is 0 Å². The van der Waals surface area contributed by atoms with Crippen LogP contribution in [0.1, 0.15) is 38.4 Å². The van der Waals surface area contributed by atoms with E-state index in [0.717, 1.165) is 17.4 Å². The number of hydrogen-bond acceptors (Lipinski definition) is 5. The number of nitrogens with zero attached hydrogens (tertiary/aromatic N) is 3. The van der Waals surface area contributed by atoms with Gasteiger partial charge in [0.05, 0.1) is 5.75 Å². The van der Waals surface area contributed by atoms with Gasteiger partial charge in [-0.05, 0) is 25.7 Å². The van der Waals surface area contributed by atoms with Gasteiger partial charge in [0.15, 0.2) is 5.16 Å². The minimum absolute atomic E-state index is 0.0821. The highest BCUT2D eigenvalue weighted by Gasteiger charge is 2.23. The average Bonchev–Trinajstić information content (AvgIpc) is 2.81. The molecule has 0 aromatic carbocycles. The molecule has 2 unspecified atom stereocenters. The second kappa shape index (κ2) is 7.79. The monoisotopic (exact) mass is 311 g/mol. The number of nitrogens with two attached hydrogens (primary N) is 1. The highest BCUT2D eigenvalue weighted by Crippen LogP contribution is 2.24. The molecule has 2 atom stereocenters. The molecule has 1 aromatic rings. The fourth-order valence-corrected chi connectivity index (χ4v) is 3.59. The standard InChI is InChI=1S/C14H25N5OS/c1-10-5-3-4-6-12(10)16-13(20)9-21-14-18-17-11(2)19(14)8-7-15/h10,12H,3-9,15H2,1-2H3,(H,16,20). The van der Waals surface area contributed by atoms with E-state index in [1.165, 1.54) is 31.0 Å². The molecule has 1 aromatic heterocycles. The van der Waals surface area contributed by atoms with E-state index in [4.69, 9.17) is 5.73 Å². The summed E-state index contributed by atoms with van der Waals surface area (Å²) in [6.07, 6.45) is 4.80. The van der Waals surface area contributed by atoms with E-state index in [2.05, 4.69) is 22.4 Å². The average molecular weight is 311 g/mol. The largest absolute Gasteiger partial charge is 0.352 e. The van der Waals surface area contributed by atoms with Gasteiger partial charge in [-0.2, -0.15) is 0 Å². The van der Waals surface area contributed by atoms with Crippen molar-refractivity contribution in [1.82, 2.24) is 20.1 Å². The molecule has 1 amide bonds. The van der Waals surface area contributed by atoms with Gasteiger partial charge in [-0.3, -0.25) is 4.79 Å². The summed E-state index contributed by atoms with van der Waals surface area (Å²) < 4.78 is 1.96. The molecule has 3 N–H and O–H groups in total.